The van der Waals surface area contributed by atoms with Crippen LogP contribution in [-0.2, 0) is 11.2 Å². The second-order valence-electron chi connectivity index (χ2n) is 4.54. The smallest absolute Gasteiger partial charge is 0.0615 e. The standard InChI is InChI=1S/C15H25NO/c1-5-13-7-9-14(10-8-13)12(3)16-15(6-2)11-17-4/h7-10,12,15-16H,5-6,11H2,1-4H3. The molecular formula is C15H25NO. The van der Waals surface area contributed by atoms with Gasteiger partial charge in [-0.05, 0) is 30.9 Å². The molecule has 0 radical (unpaired) electrons. The summed E-state index contributed by atoms with van der Waals surface area (Å²) in [6.45, 7) is 7.35. The molecule has 0 aliphatic carbocycles. The minimum atomic E-state index is 0.376. The van der Waals surface area contributed by atoms with Crippen LogP contribution < -0.4 is 5.32 Å². The molecule has 0 saturated carbocycles. The highest BCUT2D eigenvalue weighted by Crippen LogP contribution is 2.15. The number of aryl methyl sites for hydroxylation is 1. The van der Waals surface area contributed by atoms with Crippen molar-refractivity contribution in [2.75, 3.05) is 13.7 Å². The predicted molar refractivity (Wildman–Crippen MR) is 73.3 cm³/mol. The molecule has 0 heterocycles. The second-order valence-corrected chi connectivity index (χ2v) is 4.54. The largest absolute Gasteiger partial charge is 0.383 e. The van der Waals surface area contributed by atoms with Gasteiger partial charge in [-0.3, -0.25) is 0 Å². The maximum Gasteiger partial charge on any atom is 0.0615 e. The predicted octanol–water partition coefficient (Wildman–Crippen LogP) is 3.32. The molecule has 2 unspecified atom stereocenters. The summed E-state index contributed by atoms with van der Waals surface area (Å²) >= 11 is 0. The molecule has 0 spiro atoms. The van der Waals surface area contributed by atoms with Crippen molar-refractivity contribution in [1.29, 1.82) is 0 Å². The first-order valence-electron chi connectivity index (χ1n) is 6.55. The van der Waals surface area contributed by atoms with E-state index in [9.17, 15) is 0 Å². The van der Waals surface area contributed by atoms with Crippen LogP contribution in [0.1, 0.15) is 44.4 Å². The van der Waals surface area contributed by atoms with E-state index in [-0.39, 0.29) is 0 Å². The molecule has 0 aromatic heterocycles. The van der Waals surface area contributed by atoms with Crippen molar-refractivity contribution in [1.82, 2.24) is 5.32 Å². The number of methoxy groups -OCH3 is 1. The zero-order chi connectivity index (χ0) is 12.7. The van der Waals surface area contributed by atoms with Gasteiger partial charge in [0.15, 0.2) is 0 Å². The van der Waals surface area contributed by atoms with Crippen LogP contribution in [0.25, 0.3) is 0 Å². The Balaban J connectivity index is 2.58. The lowest BCUT2D eigenvalue weighted by Gasteiger charge is -2.22. The highest BCUT2D eigenvalue weighted by Gasteiger charge is 2.11. The third-order valence-corrected chi connectivity index (χ3v) is 3.23. The number of hydrogen-bond acceptors (Lipinski definition) is 2. The van der Waals surface area contributed by atoms with E-state index in [0.29, 0.717) is 12.1 Å². The van der Waals surface area contributed by atoms with Crippen LogP contribution in [0.4, 0.5) is 0 Å². The molecule has 2 atom stereocenters. The van der Waals surface area contributed by atoms with E-state index in [1.807, 2.05) is 0 Å². The third kappa shape index (κ3) is 4.49. The van der Waals surface area contributed by atoms with Crippen molar-refractivity contribution in [2.45, 2.75) is 45.7 Å². The van der Waals surface area contributed by atoms with E-state index >= 15 is 0 Å². The van der Waals surface area contributed by atoms with Gasteiger partial charge in [-0.15, -0.1) is 0 Å². The summed E-state index contributed by atoms with van der Waals surface area (Å²) in [5, 5.41) is 3.60. The molecule has 1 aromatic carbocycles. The Morgan fingerprint density at radius 2 is 1.82 bits per heavy atom. The summed E-state index contributed by atoms with van der Waals surface area (Å²) in [5.74, 6) is 0. The summed E-state index contributed by atoms with van der Waals surface area (Å²) in [6, 6.07) is 9.67. The lowest BCUT2D eigenvalue weighted by atomic mass is 10.0. The Labute approximate surface area is 105 Å². The average Bonchev–Trinajstić information content (AvgIpc) is 2.38. The van der Waals surface area contributed by atoms with Crippen molar-refractivity contribution >= 4 is 0 Å². The number of ether oxygens (including phenoxy) is 1. The first-order valence-corrected chi connectivity index (χ1v) is 6.55. The SMILES string of the molecule is CCc1ccc(C(C)NC(CC)COC)cc1. The Morgan fingerprint density at radius 3 is 2.29 bits per heavy atom. The van der Waals surface area contributed by atoms with Gasteiger partial charge in [0.05, 0.1) is 6.61 Å². The zero-order valence-corrected chi connectivity index (χ0v) is 11.5. The maximum atomic E-state index is 5.21. The molecule has 17 heavy (non-hydrogen) atoms. The van der Waals surface area contributed by atoms with Gasteiger partial charge in [-0.1, -0.05) is 38.1 Å². The van der Waals surface area contributed by atoms with Crippen molar-refractivity contribution in [3.63, 3.8) is 0 Å². The molecule has 1 rings (SSSR count). The Hall–Kier alpha value is -0.860. The Bertz CT molecular complexity index is 307. The summed E-state index contributed by atoms with van der Waals surface area (Å²) < 4.78 is 5.21. The molecular weight excluding hydrogens is 210 g/mol. The van der Waals surface area contributed by atoms with Gasteiger partial charge in [0.2, 0.25) is 0 Å². The minimum absolute atomic E-state index is 0.376. The van der Waals surface area contributed by atoms with E-state index in [1.165, 1.54) is 11.1 Å². The lowest BCUT2D eigenvalue weighted by molar-refractivity contribution is 0.159. The number of benzene rings is 1. The molecule has 0 amide bonds. The van der Waals surface area contributed by atoms with Gasteiger partial charge in [0.25, 0.3) is 0 Å². The third-order valence-electron chi connectivity index (χ3n) is 3.23. The normalized spacial score (nSPS) is 14.6. The minimum Gasteiger partial charge on any atom is -0.383 e. The van der Waals surface area contributed by atoms with Crippen LogP contribution in [0, 0.1) is 0 Å². The van der Waals surface area contributed by atoms with Crippen LogP contribution in [0.3, 0.4) is 0 Å². The van der Waals surface area contributed by atoms with E-state index in [0.717, 1.165) is 19.4 Å². The van der Waals surface area contributed by atoms with E-state index in [4.69, 9.17) is 4.74 Å². The van der Waals surface area contributed by atoms with Crippen LogP contribution in [0.5, 0.6) is 0 Å². The van der Waals surface area contributed by atoms with E-state index in [1.54, 1.807) is 7.11 Å². The molecule has 0 saturated heterocycles. The summed E-state index contributed by atoms with van der Waals surface area (Å²) in [7, 11) is 1.76. The van der Waals surface area contributed by atoms with Gasteiger partial charge >= 0.3 is 0 Å². The highest BCUT2D eigenvalue weighted by atomic mass is 16.5. The Kier molecular flexibility index (Phi) is 6.23. The monoisotopic (exact) mass is 235 g/mol. The lowest BCUT2D eigenvalue weighted by Crippen LogP contribution is -2.34. The molecule has 2 heteroatoms. The van der Waals surface area contributed by atoms with Gasteiger partial charge in [-0.2, -0.15) is 0 Å². The van der Waals surface area contributed by atoms with Gasteiger partial charge in [0, 0.05) is 19.2 Å². The van der Waals surface area contributed by atoms with Crippen LogP contribution in [-0.4, -0.2) is 19.8 Å². The fourth-order valence-corrected chi connectivity index (χ4v) is 1.98. The van der Waals surface area contributed by atoms with Crippen LogP contribution in [0.2, 0.25) is 0 Å². The summed E-state index contributed by atoms with van der Waals surface area (Å²) in [4.78, 5) is 0. The van der Waals surface area contributed by atoms with Crippen molar-refractivity contribution in [3.8, 4) is 0 Å². The molecule has 0 aliphatic heterocycles. The highest BCUT2D eigenvalue weighted by molar-refractivity contribution is 5.24. The van der Waals surface area contributed by atoms with E-state index in [2.05, 4.69) is 50.4 Å². The summed E-state index contributed by atoms with van der Waals surface area (Å²) in [5.41, 5.74) is 2.74. The molecule has 0 aliphatic rings. The fourth-order valence-electron chi connectivity index (χ4n) is 1.98. The molecule has 96 valence electrons. The van der Waals surface area contributed by atoms with Gasteiger partial charge < -0.3 is 10.1 Å². The van der Waals surface area contributed by atoms with Gasteiger partial charge in [-0.25, -0.2) is 0 Å². The maximum absolute atomic E-state index is 5.21. The van der Waals surface area contributed by atoms with Crippen molar-refractivity contribution in [3.05, 3.63) is 35.4 Å². The zero-order valence-electron chi connectivity index (χ0n) is 11.5. The number of rotatable bonds is 7. The number of hydrogen-bond donors (Lipinski definition) is 1. The van der Waals surface area contributed by atoms with Crippen molar-refractivity contribution in [2.24, 2.45) is 0 Å². The molecule has 0 fully saturated rings. The average molecular weight is 235 g/mol. The fraction of sp³-hybridized carbons (Fsp3) is 0.600. The van der Waals surface area contributed by atoms with Crippen LogP contribution >= 0.6 is 0 Å². The second kappa shape index (κ2) is 7.46. The van der Waals surface area contributed by atoms with Crippen LogP contribution in [0.15, 0.2) is 24.3 Å². The quantitative estimate of drug-likeness (QED) is 0.782. The van der Waals surface area contributed by atoms with Gasteiger partial charge in [0.1, 0.15) is 0 Å². The first kappa shape index (κ1) is 14.2. The summed E-state index contributed by atoms with van der Waals surface area (Å²) in [6.07, 6.45) is 2.19. The Morgan fingerprint density at radius 1 is 1.18 bits per heavy atom. The van der Waals surface area contributed by atoms with E-state index < -0.39 is 0 Å². The molecule has 1 N–H and O–H groups in total. The van der Waals surface area contributed by atoms with Crippen molar-refractivity contribution < 1.29 is 4.74 Å². The number of nitrogens with one attached hydrogen (secondary N) is 1. The molecule has 2 nitrogen and oxygen atoms in total. The topological polar surface area (TPSA) is 21.3 Å². The molecule has 0 bridgehead atoms. The molecule has 1 aromatic rings. The first-order chi connectivity index (χ1) is 8.21.